The maximum atomic E-state index is 13.7. The number of aromatic nitrogens is 2. The zero-order chi connectivity index (χ0) is 14.7. The summed E-state index contributed by atoms with van der Waals surface area (Å²) in [5.74, 6) is -0.388. The Balaban J connectivity index is 1.70. The molecule has 0 bridgehead atoms. The van der Waals surface area contributed by atoms with Crippen LogP contribution in [0, 0.1) is 11.7 Å². The molecule has 2 aromatic rings. The first-order chi connectivity index (χ1) is 10.2. The van der Waals surface area contributed by atoms with E-state index in [0.717, 1.165) is 19.4 Å². The molecule has 1 fully saturated rings. The van der Waals surface area contributed by atoms with Crippen LogP contribution in [0.2, 0.25) is 0 Å². The Bertz CT molecular complexity index is 634. The third-order valence-corrected chi connectivity index (χ3v) is 3.62. The zero-order valence-electron chi connectivity index (χ0n) is 11.6. The van der Waals surface area contributed by atoms with Gasteiger partial charge in [0, 0.05) is 6.54 Å². The van der Waals surface area contributed by atoms with E-state index in [0.29, 0.717) is 17.9 Å². The molecule has 2 N–H and O–H groups in total. The first kappa shape index (κ1) is 13.8. The molecule has 1 aliphatic heterocycles. The molecule has 2 heterocycles. The van der Waals surface area contributed by atoms with E-state index < -0.39 is 0 Å². The fourth-order valence-corrected chi connectivity index (χ4v) is 2.48. The lowest BCUT2D eigenvalue weighted by molar-refractivity contribution is -0.120. The second kappa shape index (κ2) is 6.05. The molecule has 0 saturated carbocycles. The minimum atomic E-state index is -0.352. The average molecular weight is 288 g/mol. The standard InChI is InChI=1S/C15H17FN4O/c16-13-5-1-2-6-14(13)20-10-12(9-18-20)19-15(21)11-4-3-7-17-8-11/h1-2,5-6,9-11,17H,3-4,7-8H2,(H,19,21). The first-order valence-corrected chi connectivity index (χ1v) is 7.05. The minimum Gasteiger partial charge on any atom is -0.323 e. The second-order valence-corrected chi connectivity index (χ2v) is 5.16. The number of amides is 1. The number of nitrogens with one attached hydrogen (secondary N) is 2. The average Bonchev–Trinajstić information content (AvgIpc) is 2.97. The van der Waals surface area contributed by atoms with Crippen LogP contribution in [0.3, 0.4) is 0 Å². The van der Waals surface area contributed by atoms with Gasteiger partial charge < -0.3 is 10.6 Å². The fourth-order valence-electron chi connectivity index (χ4n) is 2.48. The van der Waals surface area contributed by atoms with Gasteiger partial charge in [-0.2, -0.15) is 5.10 Å². The zero-order valence-corrected chi connectivity index (χ0v) is 11.6. The van der Waals surface area contributed by atoms with Crippen LogP contribution in [0.4, 0.5) is 10.1 Å². The second-order valence-electron chi connectivity index (χ2n) is 5.16. The van der Waals surface area contributed by atoms with Gasteiger partial charge in [-0.25, -0.2) is 9.07 Å². The lowest BCUT2D eigenvalue weighted by atomic mass is 9.99. The maximum Gasteiger partial charge on any atom is 0.228 e. The highest BCUT2D eigenvalue weighted by molar-refractivity contribution is 5.92. The Kier molecular flexibility index (Phi) is 3.96. The van der Waals surface area contributed by atoms with Crippen molar-refractivity contribution in [3.8, 4) is 5.69 Å². The summed E-state index contributed by atoms with van der Waals surface area (Å²) in [6, 6.07) is 6.38. The van der Waals surface area contributed by atoms with Crippen LogP contribution in [0.5, 0.6) is 0 Å². The van der Waals surface area contributed by atoms with Crippen LogP contribution in [-0.2, 0) is 4.79 Å². The van der Waals surface area contributed by atoms with Crippen LogP contribution in [0.25, 0.3) is 5.69 Å². The lowest BCUT2D eigenvalue weighted by Crippen LogP contribution is -2.37. The predicted octanol–water partition coefficient (Wildman–Crippen LogP) is 1.95. The number of piperidine rings is 1. The largest absolute Gasteiger partial charge is 0.323 e. The van der Waals surface area contributed by atoms with Crippen molar-refractivity contribution in [1.82, 2.24) is 15.1 Å². The number of hydrogen-bond acceptors (Lipinski definition) is 3. The molecule has 6 heteroatoms. The van der Waals surface area contributed by atoms with Crippen LogP contribution < -0.4 is 10.6 Å². The van der Waals surface area contributed by atoms with Gasteiger partial charge in [0.2, 0.25) is 5.91 Å². The van der Waals surface area contributed by atoms with Crippen molar-refractivity contribution in [3.05, 3.63) is 42.5 Å². The van der Waals surface area contributed by atoms with Gasteiger partial charge in [-0.1, -0.05) is 12.1 Å². The summed E-state index contributed by atoms with van der Waals surface area (Å²) in [5, 5.41) is 10.1. The number of benzene rings is 1. The van der Waals surface area contributed by atoms with Gasteiger partial charge in [0.15, 0.2) is 0 Å². The lowest BCUT2D eigenvalue weighted by Gasteiger charge is -2.21. The normalized spacial score (nSPS) is 18.4. The summed E-state index contributed by atoms with van der Waals surface area (Å²) < 4.78 is 15.1. The van der Waals surface area contributed by atoms with E-state index in [-0.39, 0.29) is 17.6 Å². The number of anilines is 1. The third-order valence-electron chi connectivity index (χ3n) is 3.62. The van der Waals surface area contributed by atoms with Gasteiger partial charge in [0.1, 0.15) is 11.5 Å². The predicted molar refractivity (Wildman–Crippen MR) is 77.7 cm³/mol. The SMILES string of the molecule is O=C(Nc1cnn(-c2ccccc2F)c1)C1CCCNC1. The molecule has 21 heavy (non-hydrogen) atoms. The molecule has 1 atom stereocenters. The van der Waals surface area contributed by atoms with E-state index in [1.165, 1.54) is 16.9 Å². The van der Waals surface area contributed by atoms with E-state index >= 15 is 0 Å². The Morgan fingerprint density at radius 1 is 1.43 bits per heavy atom. The summed E-state index contributed by atoms with van der Waals surface area (Å²) in [6.45, 7) is 1.67. The van der Waals surface area contributed by atoms with Gasteiger partial charge in [0.05, 0.1) is 24.0 Å². The van der Waals surface area contributed by atoms with E-state index in [1.54, 1.807) is 24.4 Å². The molecule has 0 radical (unpaired) electrons. The van der Waals surface area contributed by atoms with Crippen LogP contribution in [0.1, 0.15) is 12.8 Å². The molecular formula is C15H17FN4O. The molecule has 1 aromatic carbocycles. The number of nitrogens with zero attached hydrogens (tertiary/aromatic N) is 2. The fraction of sp³-hybridized carbons (Fsp3) is 0.333. The molecule has 3 rings (SSSR count). The summed E-state index contributed by atoms with van der Waals surface area (Å²) in [6.07, 6.45) is 5.04. The topological polar surface area (TPSA) is 59.0 Å². The Labute approximate surface area is 122 Å². The van der Waals surface area contributed by atoms with Gasteiger partial charge in [-0.15, -0.1) is 0 Å². The third kappa shape index (κ3) is 3.11. The van der Waals surface area contributed by atoms with Gasteiger partial charge in [-0.3, -0.25) is 4.79 Å². The monoisotopic (exact) mass is 288 g/mol. The molecular weight excluding hydrogens is 271 g/mol. The summed E-state index contributed by atoms with van der Waals surface area (Å²) in [4.78, 5) is 12.1. The summed E-state index contributed by atoms with van der Waals surface area (Å²) in [7, 11) is 0. The molecule has 1 aliphatic rings. The molecule has 1 amide bonds. The Morgan fingerprint density at radius 2 is 2.29 bits per heavy atom. The molecule has 0 aliphatic carbocycles. The minimum absolute atomic E-state index is 0.0180. The molecule has 1 unspecified atom stereocenters. The highest BCUT2D eigenvalue weighted by Crippen LogP contribution is 2.17. The number of carbonyl (C=O) groups excluding carboxylic acids is 1. The summed E-state index contributed by atoms with van der Waals surface area (Å²) in [5.41, 5.74) is 0.936. The van der Waals surface area contributed by atoms with Crippen LogP contribution in [0.15, 0.2) is 36.7 Å². The quantitative estimate of drug-likeness (QED) is 0.907. The summed E-state index contributed by atoms with van der Waals surface area (Å²) >= 11 is 0. The van der Waals surface area contributed by atoms with Crippen molar-refractivity contribution in [3.63, 3.8) is 0 Å². The highest BCUT2D eigenvalue weighted by Gasteiger charge is 2.21. The molecule has 1 aromatic heterocycles. The van der Waals surface area contributed by atoms with E-state index in [9.17, 15) is 9.18 Å². The number of hydrogen-bond donors (Lipinski definition) is 2. The molecule has 0 spiro atoms. The Morgan fingerprint density at radius 3 is 3.05 bits per heavy atom. The first-order valence-electron chi connectivity index (χ1n) is 7.05. The molecule has 110 valence electrons. The van der Waals surface area contributed by atoms with Crippen LogP contribution in [-0.4, -0.2) is 28.8 Å². The van der Waals surface area contributed by atoms with Crippen molar-refractivity contribution in [2.24, 2.45) is 5.92 Å². The van der Waals surface area contributed by atoms with Crippen LogP contribution >= 0.6 is 0 Å². The van der Waals surface area contributed by atoms with Crippen molar-refractivity contribution < 1.29 is 9.18 Å². The number of halogens is 1. The highest BCUT2D eigenvalue weighted by atomic mass is 19.1. The molecule has 1 saturated heterocycles. The van der Waals surface area contributed by atoms with Crippen molar-refractivity contribution in [2.45, 2.75) is 12.8 Å². The van der Waals surface area contributed by atoms with Gasteiger partial charge in [0.25, 0.3) is 0 Å². The number of para-hydroxylation sites is 1. The number of rotatable bonds is 3. The van der Waals surface area contributed by atoms with Crippen molar-refractivity contribution >= 4 is 11.6 Å². The molecule has 5 nitrogen and oxygen atoms in total. The van der Waals surface area contributed by atoms with E-state index in [4.69, 9.17) is 0 Å². The maximum absolute atomic E-state index is 13.7. The smallest absolute Gasteiger partial charge is 0.228 e. The van der Waals surface area contributed by atoms with E-state index in [1.807, 2.05) is 0 Å². The Hall–Kier alpha value is -2.21. The van der Waals surface area contributed by atoms with Crippen molar-refractivity contribution in [1.29, 1.82) is 0 Å². The van der Waals surface area contributed by atoms with Gasteiger partial charge in [-0.05, 0) is 31.5 Å². The van der Waals surface area contributed by atoms with Crippen molar-refractivity contribution in [2.75, 3.05) is 18.4 Å². The van der Waals surface area contributed by atoms with Gasteiger partial charge >= 0.3 is 0 Å². The van der Waals surface area contributed by atoms with E-state index in [2.05, 4.69) is 15.7 Å². The number of carbonyl (C=O) groups is 1.